The van der Waals surface area contributed by atoms with Crippen LogP contribution in [0, 0.1) is 17.0 Å². The Labute approximate surface area is 175 Å². The fourth-order valence-electron chi connectivity index (χ4n) is 3.54. The summed E-state index contributed by atoms with van der Waals surface area (Å²) in [4.78, 5) is 15.8. The number of aromatic nitrogens is 2. The van der Waals surface area contributed by atoms with Crippen molar-refractivity contribution in [3.63, 3.8) is 0 Å². The first-order chi connectivity index (χ1) is 14.0. The Hall–Kier alpha value is -3.06. The van der Waals surface area contributed by atoms with Gasteiger partial charge in [0, 0.05) is 22.0 Å². The van der Waals surface area contributed by atoms with E-state index in [0.29, 0.717) is 24.3 Å². The molecule has 4 rings (SSSR count). The molecule has 146 valence electrons. The van der Waals surface area contributed by atoms with Gasteiger partial charge in [-0.2, -0.15) is 0 Å². The van der Waals surface area contributed by atoms with Crippen LogP contribution < -0.4 is 0 Å². The van der Waals surface area contributed by atoms with E-state index in [-0.39, 0.29) is 11.6 Å². The molecule has 0 N–H and O–H groups in total. The zero-order valence-electron chi connectivity index (χ0n) is 15.7. The van der Waals surface area contributed by atoms with Gasteiger partial charge in [0.1, 0.15) is 0 Å². The zero-order chi connectivity index (χ0) is 20.4. The van der Waals surface area contributed by atoms with E-state index < -0.39 is 4.92 Å². The Morgan fingerprint density at radius 3 is 2.66 bits per heavy atom. The van der Waals surface area contributed by atoms with Crippen LogP contribution in [-0.4, -0.2) is 15.1 Å². The summed E-state index contributed by atoms with van der Waals surface area (Å²) in [5, 5.41) is 16.3. The van der Waals surface area contributed by atoms with Crippen LogP contribution in [0.25, 0.3) is 10.9 Å². The molecule has 0 fully saturated rings. The predicted octanol–water partition coefficient (Wildman–Crippen LogP) is 5.77. The lowest BCUT2D eigenvalue weighted by atomic mass is 9.89. The first-order valence-corrected chi connectivity index (χ1v) is 10.00. The molecule has 1 unspecified atom stereocenters. The number of rotatable bonds is 6. The zero-order valence-corrected chi connectivity index (χ0v) is 17.3. The Morgan fingerprint density at radius 1 is 1.10 bits per heavy atom. The van der Waals surface area contributed by atoms with Crippen molar-refractivity contribution in [3.8, 4) is 0 Å². The summed E-state index contributed by atoms with van der Waals surface area (Å²) in [6, 6.07) is 20.0. The number of hydrogen-bond acceptors (Lipinski definition) is 5. The number of fused-ring (bicyclic) bond motifs is 1. The molecule has 0 aliphatic carbocycles. The van der Waals surface area contributed by atoms with Crippen molar-refractivity contribution in [3.05, 3.63) is 98.0 Å². The summed E-state index contributed by atoms with van der Waals surface area (Å²) in [7, 11) is 0. The van der Waals surface area contributed by atoms with E-state index in [2.05, 4.69) is 21.1 Å². The molecule has 2 aromatic carbocycles. The number of pyridine rings is 1. The van der Waals surface area contributed by atoms with Crippen LogP contribution in [0.15, 0.2) is 69.7 Å². The minimum Gasteiger partial charge on any atom is -0.354 e. The van der Waals surface area contributed by atoms with Gasteiger partial charge in [0.2, 0.25) is 5.76 Å². The highest BCUT2D eigenvalue weighted by atomic mass is 79.9. The van der Waals surface area contributed by atoms with E-state index in [1.807, 2.05) is 60.7 Å². The average molecular weight is 452 g/mol. The fraction of sp³-hybridized carbons (Fsp3) is 0.182. The maximum absolute atomic E-state index is 11.4. The number of halogens is 1. The van der Waals surface area contributed by atoms with Gasteiger partial charge < -0.3 is 4.52 Å². The first-order valence-electron chi connectivity index (χ1n) is 9.21. The first kappa shape index (κ1) is 19.3. The van der Waals surface area contributed by atoms with Crippen molar-refractivity contribution < 1.29 is 9.45 Å². The summed E-state index contributed by atoms with van der Waals surface area (Å²) in [5.41, 5.74) is 3.17. The van der Waals surface area contributed by atoms with Crippen molar-refractivity contribution >= 4 is 32.5 Å². The highest BCUT2D eigenvalue weighted by molar-refractivity contribution is 9.10. The minimum atomic E-state index is -0.421. The van der Waals surface area contributed by atoms with Gasteiger partial charge in [-0.15, -0.1) is 0 Å². The molecule has 0 saturated carbocycles. The van der Waals surface area contributed by atoms with Gasteiger partial charge >= 0.3 is 5.69 Å². The summed E-state index contributed by atoms with van der Waals surface area (Å²) in [6.07, 6.45) is 1.01. The van der Waals surface area contributed by atoms with Gasteiger partial charge in [0.05, 0.1) is 10.4 Å². The molecule has 7 heteroatoms. The molecule has 2 heterocycles. The molecule has 29 heavy (non-hydrogen) atoms. The maximum atomic E-state index is 11.4. The quantitative estimate of drug-likeness (QED) is 0.274. The molecule has 4 aromatic rings. The van der Waals surface area contributed by atoms with Crippen LogP contribution >= 0.6 is 15.9 Å². The van der Waals surface area contributed by atoms with Crippen molar-refractivity contribution in [2.75, 3.05) is 0 Å². The fourth-order valence-corrected chi connectivity index (χ4v) is 3.92. The molecule has 0 spiro atoms. The van der Waals surface area contributed by atoms with Gasteiger partial charge in [-0.05, 0) is 49.1 Å². The van der Waals surface area contributed by atoms with Crippen LogP contribution in [0.2, 0.25) is 0 Å². The van der Waals surface area contributed by atoms with Crippen molar-refractivity contribution in [2.24, 2.45) is 0 Å². The third-order valence-electron chi connectivity index (χ3n) is 4.95. The molecule has 0 radical (unpaired) electrons. The standard InChI is InChI=1S/C22H18BrN3O3/c1-14-22(26(27)28)21(29-25-14)13-17(15-5-3-2-4-6-15)12-19-9-7-16-11-18(23)8-10-20(16)24-19/h2-11,17H,12-13H2,1H3. The van der Waals surface area contributed by atoms with Crippen LogP contribution in [0.4, 0.5) is 5.69 Å². The second-order valence-electron chi connectivity index (χ2n) is 6.95. The van der Waals surface area contributed by atoms with Crippen molar-refractivity contribution in [1.82, 2.24) is 10.1 Å². The van der Waals surface area contributed by atoms with E-state index in [1.54, 1.807) is 6.92 Å². The lowest BCUT2D eigenvalue weighted by Gasteiger charge is -2.16. The van der Waals surface area contributed by atoms with Gasteiger partial charge in [-0.1, -0.05) is 57.5 Å². The molecule has 0 amide bonds. The molecular formula is C22H18BrN3O3. The number of nitrogens with zero attached hydrogens (tertiary/aromatic N) is 3. The Bertz CT molecular complexity index is 1170. The summed E-state index contributed by atoms with van der Waals surface area (Å²) in [6.45, 7) is 1.59. The molecule has 0 bridgehead atoms. The summed E-state index contributed by atoms with van der Waals surface area (Å²) in [5.74, 6) is 0.272. The molecule has 0 saturated heterocycles. The van der Waals surface area contributed by atoms with E-state index >= 15 is 0 Å². The average Bonchev–Trinajstić information content (AvgIpc) is 3.08. The number of nitro groups is 1. The number of benzene rings is 2. The van der Waals surface area contributed by atoms with Crippen LogP contribution in [-0.2, 0) is 12.8 Å². The number of aryl methyl sites for hydroxylation is 1. The number of hydrogen-bond donors (Lipinski definition) is 0. The topological polar surface area (TPSA) is 82.1 Å². The van der Waals surface area contributed by atoms with E-state index in [4.69, 9.17) is 9.51 Å². The van der Waals surface area contributed by atoms with E-state index in [0.717, 1.165) is 26.6 Å². The predicted molar refractivity (Wildman–Crippen MR) is 114 cm³/mol. The lowest BCUT2D eigenvalue weighted by molar-refractivity contribution is -0.386. The summed E-state index contributed by atoms with van der Waals surface area (Å²) < 4.78 is 6.32. The molecule has 0 aliphatic heterocycles. The van der Waals surface area contributed by atoms with Gasteiger partial charge in [0.25, 0.3) is 0 Å². The van der Waals surface area contributed by atoms with Crippen molar-refractivity contribution in [1.29, 1.82) is 0 Å². The Balaban J connectivity index is 1.68. The highest BCUT2D eigenvalue weighted by Gasteiger charge is 2.27. The van der Waals surface area contributed by atoms with E-state index in [9.17, 15) is 10.1 Å². The third-order valence-corrected chi connectivity index (χ3v) is 5.44. The van der Waals surface area contributed by atoms with Crippen LogP contribution in [0.5, 0.6) is 0 Å². The highest BCUT2D eigenvalue weighted by Crippen LogP contribution is 2.31. The molecule has 1 atom stereocenters. The molecule has 6 nitrogen and oxygen atoms in total. The second-order valence-corrected chi connectivity index (χ2v) is 7.87. The molecule has 2 aromatic heterocycles. The van der Waals surface area contributed by atoms with Gasteiger partial charge in [-0.3, -0.25) is 15.1 Å². The van der Waals surface area contributed by atoms with Gasteiger partial charge in [-0.25, -0.2) is 0 Å². The maximum Gasteiger partial charge on any atom is 0.334 e. The lowest BCUT2D eigenvalue weighted by Crippen LogP contribution is -2.09. The van der Waals surface area contributed by atoms with Crippen LogP contribution in [0.1, 0.15) is 28.6 Å². The van der Waals surface area contributed by atoms with E-state index in [1.165, 1.54) is 0 Å². The third kappa shape index (κ3) is 4.19. The monoisotopic (exact) mass is 451 g/mol. The normalized spacial score (nSPS) is 12.2. The van der Waals surface area contributed by atoms with Crippen molar-refractivity contribution in [2.45, 2.75) is 25.7 Å². The second kappa shape index (κ2) is 8.13. The largest absolute Gasteiger partial charge is 0.354 e. The minimum absolute atomic E-state index is 0.0253. The van der Waals surface area contributed by atoms with Gasteiger partial charge in [0.15, 0.2) is 5.69 Å². The smallest absolute Gasteiger partial charge is 0.334 e. The molecule has 0 aliphatic rings. The molecular weight excluding hydrogens is 434 g/mol. The Morgan fingerprint density at radius 2 is 1.90 bits per heavy atom. The van der Waals surface area contributed by atoms with Crippen LogP contribution in [0.3, 0.4) is 0 Å². The Kier molecular flexibility index (Phi) is 5.40. The SMILES string of the molecule is Cc1noc(CC(Cc2ccc3cc(Br)ccc3n2)c2ccccc2)c1[N+](=O)[O-]. The summed E-state index contributed by atoms with van der Waals surface area (Å²) >= 11 is 3.48.